The second-order valence-corrected chi connectivity index (χ2v) is 13.3. The highest BCUT2D eigenvalue weighted by Crippen LogP contribution is 2.56. The van der Waals surface area contributed by atoms with Gasteiger partial charge in [-0.05, 0) is 36.5 Å². The van der Waals surface area contributed by atoms with Crippen molar-refractivity contribution in [2.45, 2.75) is 75.2 Å². The Morgan fingerprint density at radius 2 is 1.88 bits per heavy atom. The number of carbonyl (C=O) groups is 1. The predicted molar refractivity (Wildman–Crippen MR) is 133 cm³/mol. The van der Waals surface area contributed by atoms with E-state index < -0.39 is 22.2 Å². The van der Waals surface area contributed by atoms with Crippen molar-refractivity contribution in [1.29, 1.82) is 0 Å². The summed E-state index contributed by atoms with van der Waals surface area (Å²) in [4.78, 5) is 18.3. The SMILES string of the molecule is CC(C)(C)Cc1nc2cc(S(O)(O)C3CCN(C(N)=O)CC3)ccc2n1CC1(O)CCOCC1. The van der Waals surface area contributed by atoms with Crippen molar-refractivity contribution in [2.24, 2.45) is 11.1 Å². The van der Waals surface area contributed by atoms with Crippen LogP contribution in [-0.4, -0.2) is 71.8 Å². The monoisotopic (exact) mass is 494 g/mol. The van der Waals surface area contributed by atoms with Crippen LogP contribution >= 0.6 is 10.6 Å². The van der Waals surface area contributed by atoms with Crippen molar-refractivity contribution in [3.05, 3.63) is 24.0 Å². The molecule has 2 amide bonds. The lowest BCUT2D eigenvalue weighted by Gasteiger charge is -2.44. The number of carbonyl (C=O) groups excluding carboxylic acids is 1. The summed E-state index contributed by atoms with van der Waals surface area (Å²) in [7, 11) is -3.07. The van der Waals surface area contributed by atoms with Crippen LogP contribution in [0.25, 0.3) is 11.0 Å². The smallest absolute Gasteiger partial charge is 0.314 e. The maximum Gasteiger partial charge on any atom is 0.314 e. The van der Waals surface area contributed by atoms with Crippen LogP contribution in [0.5, 0.6) is 0 Å². The number of likely N-dealkylation sites (tertiary alicyclic amines) is 1. The zero-order chi connectivity index (χ0) is 24.7. The number of ether oxygens (including phenoxy) is 1. The number of urea groups is 1. The second kappa shape index (κ2) is 9.31. The Balaban J connectivity index is 1.66. The Morgan fingerprint density at radius 1 is 1.24 bits per heavy atom. The maximum absolute atomic E-state index is 11.4. The fraction of sp³-hybridized carbons (Fsp3) is 0.667. The molecule has 4 rings (SSSR count). The van der Waals surface area contributed by atoms with Gasteiger partial charge in [0.15, 0.2) is 0 Å². The van der Waals surface area contributed by atoms with Gasteiger partial charge in [0.1, 0.15) is 5.82 Å². The van der Waals surface area contributed by atoms with Crippen LogP contribution in [0.1, 0.15) is 52.3 Å². The van der Waals surface area contributed by atoms with Crippen molar-refractivity contribution in [2.75, 3.05) is 26.3 Å². The van der Waals surface area contributed by atoms with Crippen LogP contribution in [0.3, 0.4) is 0 Å². The molecule has 9 nitrogen and oxygen atoms in total. The standard InChI is InChI=1S/C24H38N4O5S/c1-23(2,3)15-21-26-19-14-18(34(31,32)17-6-10-27(11-7-17)22(25)29)4-5-20(19)28(21)16-24(30)8-12-33-13-9-24/h4-5,14,17,30-32H,6-13,15-16H2,1-3H3,(H2,25,29). The number of aliphatic hydroxyl groups is 1. The van der Waals surface area contributed by atoms with Gasteiger partial charge >= 0.3 is 6.03 Å². The van der Waals surface area contributed by atoms with Gasteiger partial charge in [0, 0.05) is 45.6 Å². The van der Waals surface area contributed by atoms with Gasteiger partial charge in [-0.3, -0.25) is 9.11 Å². The molecular formula is C24H38N4O5S. The van der Waals surface area contributed by atoms with E-state index in [-0.39, 0.29) is 10.7 Å². The molecular weight excluding hydrogens is 456 g/mol. The average Bonchev–Trinajstić information content (AvgIpc) is 3.08. The summed E-state index contributed by atoms with van der Waals surface area (Å²) in [6, 6.07) is 4.96. The zero-order valence-electron chi connectivity index (χ0n) is 20.4. The molecule has 5 N–H and O–H groups in total. The summed E-state index contributed by atoms with van der Waals surface area (Å²) in [5.41, 5.74) is 6.08. The first kappa shape index (κ1) is 25.2. The molecule has 0 spiro atoms. The Kier molecular flexibility index (Phi) is 6.91. The van der Waals surface area contributed by atoms with Gasteiger partial charge in [-0.15, -0.1) is 0 Å². The molecule has 0 radical (unpaired) electrons. The quantitative estimate of drug-likeness (QED) is 0.499. The molecule has 2 fully saturated rings. The van der Waals surface area contributed by atoms with Gasteiger partial charge in [0.05, 0.1) is 33.3 Å². The first-order chi connectivity index (χ1) is 15.9. The van der Waals surface area contributed by atoms with Crippen LogP contribution in [0.2, 0.25) is 0 Å². The molecule has 190 valence electrons. The summed E-state index contributed by atoms with van der Waals surface area (Å²) >= 11 is 0. The third-order valence-electron chi connectivity index (χ3n) is 6.93. The van der Waals surface area contributed by atoms with Crippen molar-refractivity contribution in [3.8, 4) is 0 Å². The molecule has 0 atom stereocenters. The second-order valence-electron chi connectivity index (χ2n) is 11.0. The lowest BCUT2D eigenvalue weighted by molar-refractivity contribution is -0.0727. The van der Waals surface area contributed by atoms with Crippen molar-refractivity contribution in [3.63, 3.8) is 0 Å². The first-order valence-electron chi connectivity index (χ1n) is 12.0. The Hall–Kier alpha value is -1.85. The van der Waals surface area contributed by atoms with E-state index in [1.807, 2.05) is 6.07 Å². The molecule has 1 aromatic carbocycles. The number of benzene rings is 1. The Bertz CT molecular complexity index is 1030. The third kappa shape index (κ3) is 5.36. The summed E-state index contributed by atoms with van der Waals surface area (Å²) in [6.45, 7) is 8.81. The van der Waals surface area contributed by atoms with Crippen LogP contribution in [0.15, 0.2) is 23.1 Å². The van der Waals surface area contributed by atoms with E-state index >= 15 is 0 Å². The predicted octanol–water partition coefficient (Wildman–Crippen LogP) is 3.82. The molecule has 2 aliphatic rings. The Morgan fingerprint density at radius 3 is 2.47 bits per heavy atom. The van der Waals surface area contributed by atoms with E-state index in [1.54, 1.807) is 12.1 Å². The number of piperidine rings is 1. The lowest BCUT2D eigenvalue weighted by atomic mass is 9.91. The number of fused-ring (bicyclic) bond motifs is 1. The fourth-order valence-corrected chi connectivity index (χ4v) is 6.74. The number of nitrogens with two attached hydrogens (primary N) is 1. The van der Waals surface area contributed by atoms with Gasteiger partial charge < -0.3 is 25.0 Å². The summed E-state index contributed by atoms with van der Waals surface area (Å²) in [6.07, 6.45) is 2.85. The molecule has 1 aromatic heterocycles. The lowest BCUT2D eigenvalue weighted by Crippen LogP contribution is -2.44. The van der Waals surface area contributed by atoms with Gasteiger partial charge in [-0.1, -0.05) is 20.8 Å². The summed E-state index contributed by atoms with van der Waals surface area (Å²) in [5.74, 6) is 0.880. The van der Waals surface area contributed by atoms with E-state index in [9.17, 15) is 19.0 Å². The maximum atomic E-state index is 11.4. The summed E-state index contributed by atoms with van der Waals surface area (Å²) < 4.78 is 29.9. The van der Waals surface area contributed by atoms with Crippen LogP contribution in [0, 0.1) is 5.41 Å². The highest BCUT2D eigenvalue weighted by molar-refractivity contribution is 8.24. The number of amides is 2. The number of rotatable bonds is 5. The molecule has 2 saturated heterocycles. The molecule has 3 heterocycles. The third-order valence-corrected chi connectivity index (χ3v) is 9.28. The molecule has 0 unspecified atom stereocenters. The van der Waals surface area contributed by atoms with E-state index in [0.717, 1.165) is 17.8 Å². The zero-order valence-corrected chi connectivity index (χ0v) is 21.2. The van der Waals surface area contributed by atoms with Gasteiger partial charge in [0.25, 0.3) is 0 Å². The topological polar surface area (TPSA) is 134 Å². The van der Waals surface area contributed by atoms with E-state index in [0.29, 0.717) is 68.9 Å². The van der Waals surface area contributed by atoms with Crippen LogP contribution in [0.4, 0.5) is 4.79 Å². The number of aromatic nitrogens is 2. The molecule has 34 heavy (non-hydrogen) atoms. The van der Waals surface area contributed by atoms with Crippen molar-refractivity contribution >= 4 is 27.7 Å². The van der Waals surface area contributed by atoms with Gasteiger partial charge in [-0.25, -0.2) is 9.78 Å². The number of hydrogen-bond donors (Lipinski definition) is 4. The van der Waals surface area contributed by atoms with E-state index in [1.165, 1.54) is 4.90 Å². The number of nitrogens with zero attached hydrogens (tertiary/aromatic N) is 3. The number of imidazole rings is 1. The molecule has 0 aliphatic carbocycles. The normalized spacial score (nSPS) is 20.6. The molecule has 0 saturated carbocycles. The largest absolute Gasteiger partial charge is 0.388 e. The summed E-state index contributed by atoms with van der Waals surface area (Å²) in [5, 5.41) is 10.9. The van der Waals surface area contributed by atoms with Crippen molar-refractivity contribution in [1.82, 2.24) is 14.5 Å². The minimum Gasteiger partial charge on any atom is -0.388 e. The van der Waals surface area contributed by atoms with Crippen LogP contribution < -0.4 is 5.73 Å². The first-order valence-corrected chi connectivity index (χ1v) is 13.6. The average molecular weight is 495 g/mol. The molecule has 10 heteroatoms. The number of hydrogen-bond acceptors (Lipinski definition) is 6. The van der Waals surface area contributed by atoms with E-state index in [4.69, 9.17) is 15.5 Å². The highest BCUT2D eigenvalue weighted by atomic mass is 32.3. The molecule has 0 bridgehead atoms. The van der Waals surface area contributed by atoms with E-state index in [2.05, 4.69) is 25.3 Å². The molecule has 2 aromatic rings. The van der Waals surface area contributed by atoms with Gasteiger partial charge in [-0.2, -0.15) is 10.6 Å². The minimum absolute atomic E-state index is 0.00237. The number of primary amides is 1. The van der Waals surface area contributed by atoms with Gasteiger partial charge in [0.2, 0.25) is 0 Å². The molecule has 2 aliphatic heterocycles. The van der Waals surface area contributed by atoms with Crippen molar-refractivity contribution < 1.29 is 23.7 Å². The fourth-order valence-electron chi connectivity index (χ4n) is 4.93. The minimum atomic E-state index is -3.07. The highest BCUT2D eigenvalue weighted by Gasteiger charge is 2.35. The Labute approximate surface area is 202 Å². The van der Waals surface area contributed by atoms with Crippen LogP contribution in [-0.2, 0) is 17.7 Å².